The standard InChI is InChI=1S/C19H16Cl2N4O4/c1-12-18(21)11-24(23-12)7-6-19(26)22-14-8-15(25(27)28)10-17(9-14)29-16-4-2-13(20)3-5-16/h2-5,8-11H,6-7H2,1H3,(H,22,26). The highest BCUT2D eigenvalue weighted by molar-refractivity contribution is 6.31. The first-order valence-corrected chi connectivity index (χ1v) is 9.28. The van der Waals surface area contributed by atoms with Crippen LogP contribution < -0.4 is 10.1 Å². The monoisotopic (exact) mass is 434 g/mol. The topological polar surface area (TPSA) is 99.3 Å². The summed E-state index contributed by atoms with van der Waals surface area (Å²) in [6, 6.07) is 10.6. The molecule has 0 saturated heterocycles. The normalized spacial score (nSPS) is 10.6. The summed E-state index contributed by atoms with van der Waals surface area (Å²) in [6.07, 6.45) is 1.75. The number of nitro groups is 1. The lowest BCUT2D eigenvalue weighted by Gasteiger charge is -2.10. The van der Waals surface area contributed by atoms with E-state index in [2.05, 4.69) is 10.4 Å². The Labute approximate surface area is 176 Å². The van der Waals surface area contributed by atoms with E-state index in [9.17, 15) is 14.9 Å². The second kappa shape index (κ2) is 8.93. The lowest BCUT2D eigenvalue weighted by Crippen LogP contribution is -2.15. The Morgan fingerprint density at radius 2 is 1.93 bits per heavy atom. The Morgan fingerprint density at radius 1 is 1.21 bits per heavy atom. The molecule has 150 valence electrons. The van der Waals surface area contributed by atoms with Gasteiger partial charge in [0.2, 0.25) is 5.91 Å². The summed E-state index contributed by atoms with van der Waals surface area (Å²) in [4.78, 5) is 22.9. The number of nitrogens with zero attached hydrogens (tertiary/aromatic N) is 3. The van der Waals surface area contributed by atoms with E-state index in [4.69, 9.17) is 27.9 Å². The first kappa shape index (κ1) is 20.6. The predicted octanol–water partition coefficient (Wildman–Crippen LogP) is 5.23. The molecule has 1 heterocycles. The third-order valence-corrected chi connectivity index (χ3v) is 4.51. The summed E-state index contributed by atoms with van der Waals surface area (Å²) in [7, 11) is 0. The fourth-order valence-corrected chi connectivity index (χ4v) is 2.78. The second-order valence-electron chi connectivity index (χ2n) is 6.15. The van der Waals surface area contributed by atoms with E-state index in [-0.39, 0.29) is 29.5 Å². The van der Waals surface area contributed by atoms with Crippen molar-refractivity contribution in [3.8, 4) is 11.5 Å². The molecule has 2 aromatic carbocycles. The second-order valence-corrected chi connectivity index (χ2v) is 7.00. The molecule has 3 aromatic rings. The van der Waals surface area contributed by atoms with Crippen molar-refractivity contribution in [2.75, 3.05) is 5.32 Å². The third-order valence-electron chi connectivity index (χ3n) is 3.89. The largest absolute Gasteiger partial charge is 0.457 e. The highest BCUT2D eigenvalue weighted by atomic mass is 35.5. The average molecular weight is 435 g/mol. The van der Waals surface area contributed by atoms with Crippen LogP contribution in [0.5, 0.6) is 11.5 Å². The zero-order valence-corrected chi connectivity index (χ0v) is 16.8. The van der Waals surface area contributed by atoms with Crippen molar-refractivity contribution in [2.24, 2.45) is 0 Å². The van der Waals surface area contributed by atoms with Crippen LogP contribution in [0, 0.1) is 17.0 Å². The maximum atomic E-state index is 12.3. The number of aromatic nitrogens is 2. The molecule has 0 radical (unpaired) electrons. The Bertz CT molecular complexity index is 1030. The molecule has 29 heavy (non-hydrogen) atoms. The molecule has 0 unspecified atom stereocenters. The van der Waals surface area contributed by atoms with Gasteiger partial charge in [-0.25, -0.2) is 0 Å². The van der Waals surface area contributed by atoms with E-state index in [0.29, 0.717) is 28.0 Å². The van der Waals surface area contributed by atoms with Crippen molar-refractivity contribution in [2.45, 2.75) is 19.9 Å². The van der Waals surface area contributed by atoms with E-state index in [1.165, 1.54) is 18.2 Å². The number of nitro benzene ring substituents is 1. The van der Waals surface area contributed by atoms with Gasteiger partial charge in [-0.2, -0.15) is 5.10 Å². The molecular weight excluding hydrogens is 419 g/mol. The predicted molar refractivity (Wildman–Crippen MR) is 110 cm³/mol. The molecule has 1 N–H and O–H groups in total. The van der Waals surface area contributed by atoms with Crippen molar-refractivity contribution in [1.29, 1.82) is 0 Å². The van der Waals surface area contributed by atoms with Gasteiger partial charge in [-0.3, -0.25) is 19.6 Å². The van der Waals surface area contributed by atoms with Crippen molar-refractivity contribution >= 4 is 40.5 Å². The van der Waals surface area contributed by atoms with Crippen LogP contribution in [0.15, 0.2) is 48.7 Å². The number of amides is 1. The van der Waals surface area contributed by atoms with Crippen LogP contribution >= 0.6 is 23.2 Å². The van der Waals surface area contributed by atoms with Crippen LogP contribution in [0.1, 0.15) is 12.1 Å². The van der Waals surface area contributed by atoms with Crippen molar-refractivity contribution in [3.63, 3.8) is 0 Å². The number of ether oxygens (including phenoxy) is 1. The summed E-state index contributed by atoms with van der Waals surface area (Å²) in [5.41, 5.74) is 0.721. The molecule has 10 heteroatoms. The lowest BCUT2D eigenvalue weighted by molar-refractivity contribution is -0.384. The number of carbonyl (C=O) groups is 1. The highest BCUT2D eigenvalue weighted by Gasteiger charge is 2.14. The zero-order chi connectivity index (χ0) is 21.0. The maximum absolute atomic E-state index is 12.3. The van der Waals surface area contributed by atoms with Crippen LogP contribution in [-0.2, 0) is 11.3 Å². The first-order valence-electron chi connectivity index (χ1n) is 8.52. The number of halogens is 2. The van der Waals surface area contributed by atoms with Crippen LogP contribution in [0.25, 0.3) is 0 Å². The molecule has 0 fully saturated rings. The smallest absolute Gasteiger partial charge is 0.275 e. The number of nitrogens with one attached hydrogen (secondary N) is 1. The Hall–Kier alpha value is -3.10. The number of rotatable bonds is 7. The molecule has 0 aliphatic rings. The number of carbonyl (C=O) groups excluding carboxylic acids is 1. The lowest BCUT2D eigenvalue weighted by atomic mass is 10.2. The zero-order valence-electron chi connectivity index (χ0n) is 15.3. The van der Waals surface area contributed by atoms with Gasteiger partial charge in [-0.15, -0.1) is 0 Å². The molecule has 3 rings (SSSR count). The number of hydrogen-bond acceptors (Lipinski definition) is 5. The molecule has 8 nitrogen and oxygen atoms in total. The molecular formula is C19H16Cl2N4O4. The van der Waals surface area contributed by atoms with Gasteiger partial charge in [0.25, 0.3) is 5.69 Å². The first-order chi connectivity index (χ1) is 13.8. The van der Waals surface area contributed by atoms with E-state index < -0.39 is 4.92 Å². The molecule has 0 spiro atoms. The van der Waals surface area contributed by atoms with Gasteiger partial charge >= 0.3 is 0 Å². The van der Waals surface area contributed by atoms with Crippen LogP contribution in [0.3, 0.4) is 0 Å². The number of aryl methyl sites for hydroxylation is 2. The van der Waals surface area contributed by atoms with Gasteiger partial charge in [0, 0.05) is 36.3 Å². The summed E-state index contributed by atoms with van der Waals surface area (Å²) in [5.74, 6) is 0.344. The van der Waals surface area contributed by atoms with Gasteiger partial charge < -0.3 is 10.1 Å². The summed E-state index contributed by atoms with van der Waals surface area (Å²) in [6.45, 7) is 2.09. The van der Waals surface area contributed by atoms with Crippen LogP contribution in [0.2, 0.25) is 10.0 Å². The number of anilines is 1. The fourth-order valence-electron chi connectivity index (χ4n) is 2.51. The number of benzene rings is 2. The van der Waals surface area contributed by atoms with E-state index in [0.717, 1.165) is 0 Å². The maximum Gasteiger partial charge on any atom is 0.275 e. The Balaban J connectivity index is 1.71. The Morgan fingerprint density at radius 3 is 2.55 bits per heavy atom. The minimum atomic E-state index is -0.557. The van der Waals surface area contributed by atoms with Gasteiger partial charge in [-0.05, 0) is 31.2 Å². The van der Waals surface area contributed by atoms with Gasteiger partial charge in [0.15, 0.2) is 0 Å². The third kappa shape index (κ3) is 5.69. The molecule has 0 bridgehead atoms. The highest BCUT2D eigenvalue weighted by Crippen LogP contribution is 2.30. The van der Waals surface area contributed by atoms with Crippen molar-refractivity contribution < 1.29 is 14.5 Å². The quantitative estimate of drug-likeness (QED) is 0.405. The molecule has 0 aliphatic heterocycles. The minimum absolute atomic E-state index is 0.119. The van der Waals surface area contributed by atoms with Gasteiger partial charge in [0.1, 0.15) is 11.5 Å². The minimum Gasteiger partial charge on any atom is -0.457 e. The van der Waals surface area contributed by atoms with Gasteiger partial charge in [-0.1, -0.05) is 23.2 Å². The van der Waals surface area contributed by atoms with Crippen LogP contribution in [-0.4, -0.2) is 20.6 Å². The number of hydrogen-bond donors (Lipinski definition) is 1. The average Bonchev–Trinajstić information content (AvgIpc) is 2.99. The summed E-state index contributed by atoms with van der Waals surface area (Å²) >= 11 is 11.8. The van der Waals surface area contributed by atoms with E-state index in [1.54, 1.807) is 42.1 Å². The molecule has 1 amide bonds. The Kier molecular flexibility index (Phi) is 6.36. The molecule has 0 saturated carbocycles. The number of non-ortho nitro benzene ring substituents is 1. The fraction of sp³-hybridized carbons (Fsp3) is 0.158. The SMILES string of the molecule is Cc1nn(CCC(=O)Nc2cc(Oc3ccc(Cl)cc3)cc([N+](=O)[O-])c2)cc1Cl. The van der Waals surface area contributed by atoms with E-state index in [1.807, 2.05) is 0 Å². The van der Waals surface area contributed by atoms with Crippen molar-refractivity contribution in [1.82, 2.24) is 9.78 Å². The summed E-state index contributed by atoms with van der Waals surface area (Å²) < 4.78 is 7.22. The van der Waals surface area contributed by atoms with Crippen molar-refractivity contribution in [3.05, 3.63) is 74.5 Å². The molecule has 0 atom stereocenters. The molecule has 0 aliphatic carbocycles. The molecule has 1 aromatic heterocycles. The summed E-state index contributed by atoms with van der Waals surface area (Å²) in [5, 5.41) is 19.1. The van der Waals surface area contributed by atoms with Gasteiger partial charge in [0.05, 0.1) is 27.4 Å². The van der Waals surface area contributed by atoms with E-state index >= 15 is 0 Å². The van der Waals surface area contributed by atoms with Crippen LogP contribution in [0.4, 0.5) is 11.4 Å².